The first kappa shape index (κ1) is 13.4. The van der Waals surface area contributed by atoms with Crippen molar-refractivity contribution in [1.29, 1.82) is 0 Å². The van der Waals surface area contributed by atoms with Crippen LogP contribution in [0.5, 0.6) is 0 Å². The molecule has 0 spiro atoms. The third kappa shape index (κ3) is 2.87. The highest BCUT2D eigenvalue weighted by atomic mass is 32.1. The van der Waals surface area contributed by atoms with Gasteiger partial charge < -0.3 is 10.4 Å². The van der Waals surface area contributed by atoms with E-state index in [2.05, 4.69) is 10.3 Å². The zero-order chi connectivity index (χ0) is 14.0. The molecule has 0 atom stereocenters. The predicted octanol–water partition coefficient (Wildman–Crippen LogP) is 3.04. The second-order valence-corrected chi connectivity index (χ2v) is 4.87. The Bertz CT molecular complexity index is 628. The van der Waals surface area contributed by atoms with Crippen molar-refractivity contribution >= 4 is 23.0 Å². The lowest BCUT2D eigenvalue weighted by atomic mass is 10.2. The normalized spacial score (nSPS) is 10.5. The number of nitrogens with one attached hydrogen (secondary N) is 1. The number of carboxylic acids is 1. The van der Waals surface area contributed by atoms with Gasteiger partial charge in [0, 0.05) is 5.38 Å². The zero-order valence-electron chi connectivity index (χ0n) is 9.91. The minimum atomic E-state index is -1.50. The molecule has 0 unspecified atom stereocenters. The van der Waals surface area contributed by atoms with Crippen molar-refractivity contribution in [2.45, 2.75) is 13.5 Å². The first-order chi connectivity index (χ1) is 8.99. The molecule has 100 valence electrons. The van der Waals surface area contributed by atoms with E-state index in [1.807, 2.05) is 12.3 Å². The molecule has 4 nitrogen and oxygen atoms in total. The molecule has 0 aliphatic carbocycles. The number of anilines is 1. The minimum absolute atomic E-state index is 0.0897. The average molecular weight is 284 g/mol. The Labute approximate surface area is 111 Å². The Hall–Kier alpha value is -2.02. The minimum Gasteiger partial charge on any atom is -0.478 e. The number of rotatable bonds is 4. The van der Waals surface area contributed by atoms with E-state index in [0.717, 1.165) is 11.1 Å². The molecule has 7 heteroatoms. The molecular weight excluding hydrogens is 274 g/mol. The first-order valence-electron chi connectivity index (χ1n) is 5.35. The van der Waals surface area contributed by atoms with Crippen LogP contribution in [0, 0.1) is 18.6 Å². The molecule has 1 aromatic heterocycles. The third-order valence-electron chi connectivity index (χ3n) is 2.44. The van der Waals surface area contributed by atoms with Gasteiger partial charge in [0.2, 0.25) is 0 Å². The lowest BCUT2D eigenvalue weighted by molar-refractivity contribution is 0.0690. The first-order valence-corrected chi connectivity index (χ1v) is 6.23. The standard InChI is InChI=1S/C12H10F2N2O2S/c1-6-16-7(5-19-6)4-15-9-3-2-8(12(17)18)10(13)11(9)14/h2-3,5,15H,4H2,1H3,(H,17,18). The second kappa shape index (κ2) is 5.31. The summed E-state index contributed by atoms with van der Waals surface area (Å²) in [4.78, 5) is 14.8. The highest BCUT2D eigenvalue weighted by Crippen LogP contribution is 2.21. The quantitative estimate of drug-likeness (QED) is 0.906. The molecule has 0 radical (unpaired) electrons. The maximum Gasteiger partial charge on any atom is 0.338 e. The molecule has 0 aliphatic rings. The van der Waals surface area contributed by atoms with Crippen molar-refractivity contribution in [3.8, 4) is 0 Å². The highest BCUT2D eigenvalue weighted by Gasteiger charge is 2.17. The number of carboxylic acid groups (broad SMARTS) is 1. The molecule has 0 aliphatic heterocycles. The number of thiazole rings is 1. The summed E-state index contributed by atoms with van der Waals surface area (Å²) in [5.74, 6) is -4.07. The van der Waals surface area contributed by atoms with Crippen LogP contribution in [0.4, 0.5) is 14.5 Å². The number of aromatic nitrogens is 1. The number of benzene rings is 1. The number of halogens is 2. The Kier molecular flexibility index (Phi) is 3.75. The van der Waals surface area contributed by atoms with Gasteiger partial charge in [0.15, 0.2) is 11.6 Å². The smallest absolute Gasteiger partial charge is 0.338 e. The Morgan fingerprint density at radius 3 is 2.74 bits per heavy atom. The molecular formula is C12H10F2N2O2S. The Balaban J connectivity index is 2.17. The summed E-state index contributed by atoms with van der Waals surface area (Å²) >= 11 is 1.46. The van der Waals surface area contributed by atoms with Crippen LogP contribution >= 0.6 is 11.3 Å². The van der Waals surface area contributed by atoms with Crippen LogP contribution in [0.2, 0.25) is 0 Å². The predicted molar refractivity (Wildman–Crippen MR) is 67.5 cm³/mol. The highest BCUT2D eigenvalue weighted by molar-refractivity contribution is 7.09. The van der Waals surface area contributed by atoms with E-state index in [9.17, 15) is 13.6 Å². The molecule has 1 heterocycles. The molecule has 0 fully saturated rings. The van der Waals surface area contributed by atoms with Gasteiger partial charge in [0.1, 0.15) is 0 Å². The van der Waals surface area contributed by atoms with Crippen molar-refractivity contribution in [3.05, 3.63) is 45.4 Å². The van der Waals surface area contributed by atoms with E-state index in [1.165, 1.54) is 17.4 Å². The molecule has 0 saturated carbocycles. The summed E-state index contributed by atoms with van der Waals surface area (Å²) in [6, 6.07) is 2.22. The van der Waals surface area contributed by atoms with Gasteiger partial charge in [-0.3, -0.25) is 0 Å². The second-order valence-electron chi connectivity index (χ2n) is 3.81. The van der Waals surface area contributed by atoms with E-state index in [1.54, 1.807) is 0 Å². The molecule has 2 rings (SSSR count). The van der Waals surface area contributed by atoms with Gasteiger partial charge in [-0.05, 0) is 19.1 Å². The maximum atomic E-state index is 13.6. The number of hydrogen-bond donors (Lipinski definition) is 2. The average Bonchev–Trinajstić information content (AvgIpc) is 2.76. The number of hydrogen-bond acceptors (Lipinski definition) is 4. The molecule has 2 N–H and O–H groups in total. The van der Waals surface area contributed by atoms with Gasteiger partial charge in [-0.25, -0.2) is 18.6 Å². The monoisotopic (exact) mass is 284 g/mol. The largest absolute Gasteiger partial charge is 0.478 e. The van der Waals surface area contributed by atoms with Crippen molar-refractivity contribution in [2.24, 2.45) is 0 Å². The lowest BCUT2D eigenvalue weighted by Gasteiger charge is -2.08. The molecule has 1 aromatic carbocycles. The summed E-state index contributed by atoms with van der Waals surface area (Å²) in [6.07, 6.45) is 0. The van der Waals surface area contributed by atoms with Gasteiger partial charge in [-0.15, -0.1) is 11.3 Å². The van der Waals surface area contributed by atoms with Crippen LogP contribution in [0.1, 0.15) is 21.1 Å². The van der Waals surface area contributed by atoms with E-state index in [-0.39, 0.29) is 12.2 Å². The molecule has 0 bridgehead atoms. The van der Waals surface area contributed by atoms with Crippen LogP contribution in [-0.4, -0.2) is 16.1 Å². The van der Waals surface area contributed by atoms with Gasteiger partial charge >= 0.3 is 5.97 Å². The van der Waals surface area contributed by atoms with Gasteiger partial charge in [-0.2, -0.15) is 0 Å². The van der Waals surface area contributed by atoms with Gasteiger partial charge in [-0.1, -0.05) is 0 Å². The zero-order valence-corrected chi connectivity index (χ0v) is 10.7. The summed E-state index contributed by atoms with van der Waals surface area (Å²) < 4.78 is 27.0. The number of carbonyl (C=O) groups is 1. The van der Waals surface area contributed by atoms with Gasteiger partial charge in [0.05, 0.1) is 28.5 Å². The fourth-order valence-electron chi connectivity index (χ4n) is 1.53. The molecule has 19 heavy (non-hydrogen) atoms. The topological polar surface area (TPSA) is 62.2 Å². The number of aromatic carboxylic acids is 1. The molecule has 0 amide bonds. The summed E-state index contributed by atoms with van der Waals surface area (Å²) in [5.41, 5.74) is -0.0645. The van der Waals surface area contributed by atoms with E-state index in [4.69, 9.17) is 5.11 Å². The fourth-order valence-corrected chi connectivity index (χ4v) is 2.14. The van der Waals surface area contributed by atoms with Crippen molar-refractivity contribution in [3.63, 3.8) is 0 Å². The van der Waals surface area contributed by atoms with Crippen molar-refractivity contribution in [1.82, 2.24) is 4.98 Å². The molecule has 0 saturated heterocycles. The molecule has 2 aromatic rings. The van der Waals surface area contributed by atoms with Crippen molar-refractivity contribution < 1.29 is 18.7 Å². The van der Waals surface area contributed by atoms with Crippen LogP contribution in [0.3, 0.4) is 0 Å². The summed E-state index contributed by atoms with van der Waals surface area (Å²) in [5, 5.41) is 14.0. The van der Waals surface area contributed by atoms with E-state index in [0.29, 0.717) is 5.69 Å². The fraction of sp³-hybridized carbons (Fsp3) is 0.167. The maximum absolute atomic E-state index is 13.6. The van der Waals surface area contributed by atoms with Crippen LogP contribution in [0.25, 0.3) is 0 Å². The SMILES string of the molecule is Cc1nc(CNc2ccc(C(=O)O)c(F)c2F)cs1. The number of nitrogens with zero attached hydrogens (tertiary/aromatic N) is 1. The Morgan fingerprint density at radius 2 is 2.16 bits per heavy atom. The number of aryl methyl sites for hydroxylation is 1. The Morgan fingerprint density at radius 1 is 1.42 bits per heavy atom. The lowest BCUT2D eigenvalue weighted by Crippen LogP contribution is -2.07. The third-order valence-corrected chi connectivity index (χ3v) is 3.26. The van der Waals surface area contributed by atoms with Gasteiger partial charge in [0.25, 0.3) is 0 Å². The van der Waals surface area contributed by atoms with E-state index < -0.39 is 23.2 Å². The van der Waals surface area contributed by atoms with Crippen molar-refractivity contribution in [2.75, 3.05) is 5.32 Å². The van der Waals surface area contributed by atoms with E-state index >= 15 is 0 Å². The summed E-state index contributed by atoms with van der Waals surface area (Å²) in [7, 11) is 0. The van der Waals surface area contributed by atoms with Crippen LogP contribution in [-0.2, 0) is 6.54 Å². The van der Waals surface area contributed by atoms with Crippen LogP contribution in [0.15, 0.2) is 17.5 Å². The van der Waals surface area contributed by atoms with Crippen LogP contribution < -0.4 is 5.32 Å². The summed E-state index contributed by atoms with van der Waals surface area (Å²) in [6.45, 7) is 2.09.